The van der Waals surface area contributed by atoms with E-state index >= 15 is 0 Å². The second kappa shape index (κ2) is 6.55. The number of nitriles is 1. The lowest BCUT2D eigenvalue weighted by Gasteiger charge is -2.41. The summed E-state index contributed by atoms with van der Waals surface area (Å²) in [7, 11) is 0. The standard InChI is InChI=1S/C17H24N4O/c18-12-13-11-14(19)1-2-17(13)21-7-3-15(4-8-21)20-9-5-16(22)6-10-20/h1-2,11,15-16,22H,3-10,19H2. The van der Waals surface area contributed by atoms with Crippen LogP contribution in [-0.4, -0.2) is 48.3 Å². The van der Waals surface area contributed by atoms with Crippen LogP contribution in [-0.2, 0) is 0 Å². The van der Waals surface area contributed by atoms with E-state index in [0.29, 0.717) is 17.3 Å². The number of likely N-dealkylation sites (tertiary alicyclic amines) is 1. The summed E-state index contributed by atoms with van der Waals surface area (Å²) in [6, 6.07) is 8.46. The highest BCUT2D eigenvalue weighted by molar-refractivity contribution is 5.64. The van der Waals surface area contributed by atoms with Gasteiger partial charge in [-0.1, -0.05) is 0 Å². The molecule has 2 saturated heterocycles. The Morgan fingerprint density at radius 1 is 1.09 bits per heavy atom. The lowest BCUT2D eigenvalue weighted by atomic mass is 9.98. The van der Waals surface area contributed by atoms with Crippen LogP contribution in [0.15, 0.2) is 18.2 Å². The first-order valence-electron chi connectivity index (χ1n) is 8.14. The predicted molar refractivity (Wildman–Crippen MR) is 87.6 cm³/mol. The van der Waals surface area contributed by atoms with Gasteiger partial charge in [-0.25, -0.2) is 0 Å². The molecule has 3 rings (SSSR count). The van der Waals surface area contributed by atoms with Gasteiger partial charge in [0.1, 0.15) is 6.07 Å². The molecule has 22 heavy (non-hydrogen) atoms. The van der Waals surface area contributed by atoms with Crippen LogP contribution in [0.1, 0.15) is 31.2 Å². The van der Waals surface area contributed by atoms with Gasteiger partial charge in [0.15, 0.2) is 0 Å². The minimum absolute atomic E-state index is 0.107. The van der Waals surface area contributed by atoms with E-state index in [4.69, 9.17) is 5.73 Å². The number of nitrogens with zero attached hydrogens (tertiary/aromatic N) is 3. The van der Waals surface area contributed by atoms with Gasteiger partial charge in [-0.15, -0.1) is 0 Å². The number of nitrogen functional groups attached to an aromatic ring is 1. The minimum atomic E-state index is -0.107. The normalized spacial score (nSPS) is 21.7. The number of hydrogen-bond acceptors (Lipinski definition) is 5. The molecule has 0 atom stereocenters. The fraction of sp³-hybridized carbons (Fsp3) is 0.588. The Morgan fingerprint density at radius 3 is 2.41 bits per heavy atom. The summed E-state index contributed by atoms with van der Waals surface area (Å²) < 4.78 is 0. The molecule has 0 saturated carbocycles. The van der Waals surface area contributed by atoms with Gasteiger partial charge in [-0.3, -0.25) is 0 Å². The summed E-state index contributed by atoms with van der Waals surface area (Å²) >= 11 is 0. The highest BCUT2D eigenvalue weighted by atomic mass is 16.3. The van der Waals surface area contributed by atoms with Crippen molar-refractivity contribution in [2.45, 2.75) is 37.8 Å². The molecule has 0 radical (unpaired) electrons. The SMILES string of the molecule is N#Cc1cc(N)ccc1N1CCC(N2CCC(O)CC2)CC1. The van der Waals surface area contributed by atoms with Crippen molar-refractivity contribution in [3.05, 3.63) is 23.8 Å². The average molecular weight is 300 g/mol. The van der Waals surface area contributed by atoms with Crippen molar-refractivity contribution in [3.8, 4) is 6.07 Å². The van der Waals surface area contributed by atoms with E-state index in [1.807, 2.05) is 12.1 Å². The molecule has 5 nitrogen and oxygen atoms in total. The quantitative estimate of drug-likeness (QED) is 0.811. The van der Waals surface area contributed by atoms with Crippen molar-refractivity contribution in [2.24, 2.45) is 0 Å². The smallest absolute Gasteiger partial charge is 0.101 e. The van der Waals surface area contributed by atoms with Crippen LogP contribution in [0, 0.1) is 11.3 Å². The third-order valence-electron chi connectivity index (χ3n) is 4.96. The van der Waals surface area contributed by atoms with Gasteiger partial charge in [0.25, 0.3) is 0 Å². The van der Waals surface area contributed by atoms with E-state index in [9.17, 15) is 10.4 Å². The van der Waals surface area contributed by atoms with Crippen LogP contribution in [0.5, 0.6) is 0 Å². The van der Waals surface area contributed by atoms with Crippen molar-refractivity contribution < 1.29 is 5.11 Å². The number of nitrogens with two attached hydrogens (primary N) is 1. The monoisotopic (exact) mass is 300 g/mol. The predicted octanol–water partition coefficient (Wildman–Crippen LogP) is 1.57. The Kier molecular flexibility index (Phi) is 4.51. The molecule has 0 aromatic heterocycles. The largest absolute Gasteiger partial charge is 0.399 e. The summed E-state index contributed by atoms with van der Waals surface area (Å²) in [6.45, 7) is 3.97. The van der Waals surface area contributed by atoms with E-state index < -0.39 is 0 Å². The molecular weight excluding hydrogens is 276 g/mol. The summed E-state index contributed by atoms with van der Waals surface area (Å²) in [6.07, 6.45) is 3.92. The number of hydrogen-bond donors (Lipinski definition) is 2. The number of aliphatic hydroxyl groups excluding tert-OH is 1. The van der Waals surface area contributed by atoms with Gasteiger partial charge in [-0.2, -0.15) is 5.26 Å². The molecule has 0 amide bonds. The molecule has 1 aromatic rings. The number of anilines is 2. The first kappa shape index (κ1) is 15.1. The lowest BCUT2D eigenvalue weighted by Crippen LogP contribution is -2.48. The summed E-state index contributed by atoms with van der Waals surface area (Å²) in [5, 5.41) is 18.9. The zero-order chi connectivity index (χ0) is 15.5. The van der Waals surface area contributed by atoms with Crippen LogP contribution in [0.25, 0.3) is 0 Å². The summed E-state index contributed by atoms with van der Waals surface area (Å²) in [5.41, 5.74) is 8.08. The fourth-order valence-electron chi connectivity index (χ4n) is 3.64. The second-order valence-electron chi connectivity index (χ2n) is 6.37. The van der Waals surface area contributed by atoms with Crippen LogP contribution in [0.3, 0.4) is 0 Å². The number of piperidine rings is 2. The molecule has 0 unspecified atom stereocenters. The zero-order valence-corrected chi connectivity index (χ0v) is 12.9. The van der Waals surface area contributed by atoms with E-state index in [1.165, 1.54) is 0 Å². The van der Waals surface area contributed by atoms with Gasteiger partial charge in [0.2, 0.25) is 0 Å². The van der Waals surface area contributed by atoms with Gasteiger partial charge in [0.05, 0.1) is 17.4 Å². The first-order valence-corrected chi connectivity index (χ1v) is 8.14. The van der Waals surface area contributed by atoms with E-state index in [-0.39, 0.29) is 6.10 Å². The number of aliphatic hydroxyl groups is 1. The van der Waals surface area contributed by atoms with Gasteiger partial charge < -0.3 is 20.6 Å². The van der Waals surface area contributed by atoms with E-state index in [1.54, 1.807) is 6.07 Å². The second-order valence-corrected chi connectivity index (χ2v) is 6.37. The van der Waals surface area contributed by atoms with Crippen molar-refractivity contribution in [2.75, 3.05) is 36.8 Å². The van der Waals surface area contributed by atoms with Gasteiger partial charge >= 0.3 is 0 Å². The third kappa shape index (κ3) is 3.18. The zero-order valence-electron chi connectivity index (χ0n) is 12.9. The molecule has 2 heterocycles. The van der Waals surface area contributed by atoms with Crippen LogP contribution in [0.4, 0.5) is 11.4 Å². The molecule has 3 N–H and O–H groups in total. The number of benzene rings is 1. The highest BCUT2D eigenvalue weighted by Gasteiger charge is 2.28. The van der Waals surface area contributed by atoms with Crippen LogP contribution in [0.2, 0.25) is 0 Å². The topological polar surface area (TPSA) is 76.5 Å². The highest BCUT2D eigenvalue weighted by Crippen LogP contribution is 2.28. The Morgan fingerprint density at radius 2 is 1.77 bits per heavy atom. The maximum atomic E-state index is 9.62. The molecule has 118 valence electrons. The summed E-state index contributed by atoms with van der Waals surface area (Å²) in [5.74, 6) is 0. The summed E-state index contributed by atoms with van der Waals surface area (Å²) in [4.78, 5) is 4.82. The Bertz CT molecular complexity index is 552. The molecule has 5 heteroatoms. The Balaban J connectivity index is 1.61. The molecular formula is C17H24N4O. The third-order valence-corrected chi connectivity index (χ3v) is 4.96. The van der Waals surface area contributed by atoms with Crippen molar-refractivity contribution in [1.82, 2.24) is 4.90 Å². The molecule has 2 fully saturated rings. The van der Waals surface area contributed by atoms with Crippen molar-refractivity contribution >= 4 is 11.4 Å². The lowest BCUT2D eigenvalue weighted by molar-refractivity contribution is 0.0542. The van der Waals surface area contributed by atoms with E-state index in [0.717, 1.165) is 57.5 Å². The van der Waals surface area contributed by atoms with Gasteiger partial charge in [0, 0.05) is 37.9 Å². The Hall–Kier alpha value is -1.77. The Labute approximate surface area is 131 Å². The van der Waals surface area contributed by atoms with Crippen LogP contribution >= 0.6 is 0 Å². The first-order chi connectivity index (χ1) is 10.7. The van der Waals surface area contributed by atoms with E-state index in [2.05, 4.69) is 15.9 Å². The average Bonchev–Trinajstić information content (AvgIpc) is 2.56. The molecule has 0 spiro atoms. The molecule has 1 aromatic carbocycles. The van der Waals surface area contributed by atoms with Crippen molar-refractivity contribution in [1.29, 1.82) is 5.26 Å². The van der Waals surface area contributed by atoms with Gasteiger partial charge in [-0.05, 0) is 43.9 Å². The van der Waals surface area contributed by atoms with Crippen LogP contribution < -0.4 is 10.6 Å². The van der Waals surface area contributed by atoms with Crippen molar-refractivity contribution in [3.63, 3.8) is 0 Å². The molecule has 0 aliphatic carbocycles. The molecule has 2 aliphatic rings. The minimum Gasteiger partial charge on any atom is -0.399 e. The number of rotatable bonds is 2. The maximum absolute atomic E-state index is 9.62. The molecule has 0 bridgehead atoms. The molecule has 2 aliphatic heterocycles. The maximum Gasteiger partial charge on any atom is 0.101 e. The fourth-order valence-corrected chi connectivity index (χ4v) is 3.64.